The topological polar surface area (TPSA) is 86.8 Å². The Hall–Kier alpha value is -3.01. The molecule has 0 aliphatic heterocycles. The van der Waals surface area contributed by atoms with Gasteiger partial charge in [-0.3, -0.25) is 13.9 Å². The molecule has 0 unspecified atom stereocenters. The van der Waals surface area contributed by atoms with Gasteiger partial charge in [0.1, 0.15) is 24.2 Å². The molecule has 10 heteroatoms. The number of rotatable bonds is 8. The van der Waals surface area contributed by atoms with E-state index in [4.69, 9.17) is 0 Å². The third-order valence-corrected chi connectivity index (χ3v) is 5.85. The van der Waals surface area contributed by atoms with Gasteiger partial charge in [0.25, 0.3) is 0 Å². The van der Waals surface area contributed by atoms with E-state index in [-0.39, 0.29) is 12.2 Å². The lowest BCUT2D eigenvalue weighted by Gasteiger charge is -2.33. The number of carbonyl (C=O) groups excluding carboxylic acids is 2. The van der Waals surface area contributed by atoms with Gasteiger partial charge in [0.2, 0.25) is 21.8 Å². The van der Waals surface area contributed by atoms with Crippen LogP contribution in [0.2, 0.25) is 0 Å². The molecule has 7 nitrogen and oxygen atoms in total. The first-order valence-electron chi connectivity index (χ1n) is 10.3. The Morgan fingerprint density at radius 3 is 2.15 bits per heavy atom. The van der Waals surface area contributed by atoms with Crippen molar-refractivity contribution in [2.75, 3.05) is 17.1 Å². The van der Waals surface area contributed by atoms with E-state index in [1.54, 1.807) is 20.8 Å². The molecule has 2 amide bonds. The van der Waals surface area contributed by atoms with Crippen LogP contribution in [0.4, 0.5) is 14.5 Å². The average molecular weight is 482 g/mol. The first-order chi connectivity index (χ1) is 15.2. The van der Waals surface area contributed by atoms with Gasteiger partial charge in [0.05, 0.1) is 11.9 Å². The number of hydrogen-bond acceptors (Lipinski definition) is 4. The first-order valence-corrected chi connectivity index (χ1v) is 12.1. The van der Waals surface area contributed by atoms with Crippen molar-refractivity contribution in [2.24, 2.45) is 0 Å². The summed E-state index contributed by atoms with van der Waals surface area (Å²) in [6.07, 6.45) is 0.908. The van der Waals surface area contributed by atoms with E-state index in [9.17, 15) is 26.8 Å². The van der Waals surface area contributed by atoms with Crippen LogP contribution in [0.15, 0.2) is 48.5 Å². The minimum Gasteiger partial charge on any atom is -0.350 e. The number of hydrogen-bond donors (Lipinski definition) is 1. The summed E-state index contributed by atoms with van der Waals surface area (Å²) in [7, 11) is -3.95. The molecule has 0 aliphatic carbocycles. The minimum absolute atomic E-state index is 0.0145. The number of anilines is 1. The number of sulfonamides is 1. The second-order valence-corrected chi connectivity index (χ2v) is 10.7. The molecule has 1 N–H and O–H groups in total. The van der Waals surface area contributed by atoms with Gasteiger partial charge in [-0.25, -0.2) is 17.2 Å². The van der Waals surface area contributed by atoms with Crippen molar-refractivity contribution in [2.45, 2.75) is 45.8 Å². The van der Waals surface area contributed by atoms with Gasteiger partial charge in [-0.15, -0.1) is 0 Å². The number of benzene rings is 2. The molecule has 0 aromatic heterocycles. The van der Waals surface area contributed by atoms with Crippen molar-refractivity contribution in [3.8, 4) is 0 Å². The van der Waals surface area contributed by atoms with Crippen LogP contribution in [0, 0.1) is 11.6 Å². The fraction of sp³-hybridized carbons (Fsp3) is 0.391. The van der Waals surface area contributed by atoms with E-state index in [2.05, 4.69) is 5.32 Å². The summed E-state index contributed by atoms with van der Waals surface area (Å²) in [6, 6.07) is 9.33. The monoisotopic (exact) mass is 481 g/mol. The van der Waals surface area contributed by atoms with Crippen molar-refractivity contribution in [3.05, 3.63) is 65.7 Å². The lowest BCUT2D eigenvalue weighted by atomic mass is 10.1. The third kappa shape index (κ3) is 7.81. The number of carbonyl (C=O) groups is 2. The number of halogens is 2. The zero-order valence-electron chi connectivity index (χ0n) is 19.3. The van der Waals surface area contributed by atoms with Crippen molar-refractivity contribution in [3.63, 3.8) is 0 Å². The Kier molecular flexibility index (Phi) is 8.18. The second kappa shape index (κ2) is 10.3. The largest absolute Gasteiger partial charge is 0.350 e. The highest BCUT2D eigenvalue weighted by molar-refractivity contribution is 7.92. The zero-order chi connectivity index (χ0) is 25.0. The lowest BCUT2D eigenvalue weighted by Crippen LogP contribution is -2.54. The highest BCUT2D eigenvalue weighted by Crippen LogP contribution is 2.20. The molecule has 2 rings (SSSR count). The Labute approximate surface area is 193 Å². The van der Waals surface area contributed by atoms with Gasteiger partial charge in [-0.2, -0.15) is 0 Å². The summed E-state index contributed by atoms with van der Waals surface area (Å²) < 4.78 is 52.6. The van der Waals surface area contributed by atoms with E-state index in [1.165, 1.54) is 48.2 Å². The average Bonchev–Trinajstić information content (AvgIpc) is 2.68. The maximum absolute atomic E-state index is 13.7. The van der Waals surface area contributed by atoms with Crippen molar-refractivity contribution in [1.82, 2.24) is 10.2 Å². The smallest absolute Gasteiger partial charge is 0.244 e. The molecule has 0 saturated heterocycles. The Morgan fingerprint density at radius 1 is 1.03 bits per heavy atom. The summed E-state index contributed by atoms with van der Waals surface area (Å²) in [6.45, 7) is 6.20. The third-order valence-electron chi connectivity index (χ3n) is 4.71. The van der Waals surface area contributed by atoms with Gasteiger partial charge in [-0.1, -0.05) is 18.2 Å². The van der Waals surface area contributed by atoms with Crippen molar-refractivity contribution in [1.29, 1.82) is 0 Å². The minimum atomic E-state index is -3.95. The predicted molar refractivity (Wildman–Crippen MR) is 123 cm³/mol. The molecular weight excluding hydrogens is 452 g/mol. The quantitative estimate of drug-likeness (QED) is 0.628. The van der Waals surface area contributed by atoms with Gasteiger partial charge in [0.15, 0.2) is 0 Å². The molecule has 0 radical (unpaired) electrons. The van der Waals surface area contributed by atoms with Crippen LogP contribution in [-0.2, 0) is 26.2 Å². The molecule has 0 fully saturated rings. The van der Waals surface area contributed by atoms with Crippen molar-refractivity contribution < 1.29 is 26.8 Å². The van der Waals surface area contributed by atoms with E-state index < -0.39 is 51.6 Å². The number of nitrogens with one attached hydrogen (secondary N) is 1. The van der Waals surface area contributed by atoms with Crippen LogP contribution in [0.1, 0.15) is 33.3 Å². The van der Waals surface area contributed by atoms with Gasteiger partial charge >= 0.3 is 0 Å². The highest BCUT2D eigenvalue weighted by atomic mass is 32.2. The van der Waals surface area contributed by atoms with E-state index in [1.807, 2.05) is 0 Å². The molecule has 1 atom stereocenters. The summed E-state index contributed by atoms with van der Waals surface area (Å²) >= 11 is 0. The summed E-state index contributed by atoms with van der Waals surface area (Å²) in [5.74, 6) is -2.22. The molecule has 0 heterocycles. The van der Waals surface area contributed by atoms with Crippen molar-refractivity contribution >= 4 is 27.5 Å². The van der Waals surface area contributed by atoms with Crippen LogP contribution < -0.4 is 9.62 Å². The zero-order valence-corrected chi connectivity index (χ0v) is 20.1. The Morgan fingerprint density at radius 2 is 1.64 bits per heavy atom. The van der Waals surface area contributed by atoms with E-state index in [0.717, 1.165) is 22.7 Å². The standard InChI is InChI=1S/C23H29F2N3O4S/c1-16(22(30)26-23(2,3)4)27(14-17-9-11-18(24)12-10-17)21(29)15-28(33(5,31)32)20-8-6-7-19(25)13-20/h6-13,16H,14-15H2,1-5H3,(H,26,30)/t16-/m1/s1. The maximum atomic E-state index is 13.7. The fourth-order valence-electron chi connectivity index (χ4n) is 3.09. The SMILES string of the molecule is C[C@H](C(=O)NC(C)(C)C)N(Cc1ccc(F)cc1)C(=O)CN(c1cccc(F)c1)S(C)(=O)=O. The van der Waals surface area contributed by atoms with Crippen LogP contribution in [-0.4, -0.2) is 49.5 Å². The van der Waals surface area contributed by atoms with Crippen LogP contribution in [0.3, 0.4) is 0 Å². The Balaban J connectivity index is 2.39. The molecule has 2 aromatic rings. The van der Waals surface area contributed by atoms with Crippen LogP contribution >= 0.6 is 0 Å². The summed E-state index contributed by atoms with van der Waals surface area (Å²) in [5.41, 5.74) is -0.0211. The molecule has 33 heavy (non-hydrogen) atoms. The van der Waals surface area contributed by atoms with E-state index >= 15 is 0 Å². The second-order valence-electron chi connectivity index (χ2n) is 8.81. The molecule has 0 aliphatic rings. The van der Waals surface area contributed by atoms with Gasteiger partial charge in [0, 0.05) is 12.1 Å². The van der Waals surface area contributed by atoms with Crippen LogP contribution in [0.5, 0.6) is 0 Å². The van der Waals surface area contributed by atoms with Gasteiger partial charge < -0.3 is 10.2 Å². The normalized spacial score (nSPS) is 12.7. The molecule has 180 valence electrons. The summed E-state index contributed by atoms with van der Waals surface area (Å²) in [5, 5.41) is 2.80. The molecule has 0 spiro atoms. The highest BCUT2D eigenvalue weighted by Gasteiger charge is 2.31. The number of nitrogens with zero attached hydrogens (tertiary/aromatic N) is 2. The Bertz CT molecular complexity index is 1100. The lowest BCUT2D eigenvalue weighted by molar-refractivity contribution is -0.140. The molecule has 0 bridgehead atoms. The van der Waals surface area contributed by atoms with Gasteiger partial charge in [-0.05, 0) is 63.6 Å². The summed E-state index contributed by atoms with van der Waals surface area (Å²) in [4.78, 5) is 27.3. The molecule has 0 saturated carbocycles. The molecular formula is C23H29F2N3O4S. The maximum Gasteiger partial charge on any atom is 0.244 e. The van der Waals surface area contributed by atoms with E-state index in [0.29, 0.717) is 5.56 Å². The van der Waals surface area contributed by atoms with Crippen LogP contribution in [0.25, 0.3) is 0 Å². The molecule has 2 aromatic carbocycles. The first kappa shape index (κ1) is 26.2. The number of amides is 2. The predicted octanol–water partition coefficient (Wildman–Crippen LogP) is 3.06. The fourth-order valence-corrected chi connectivity index (χ4v) is 3.93.